The van der Waals surface area contributed by atoms with E-state index in [0.29, 0.717) is 11.8 Å². The van der Waals surface area contributed by atoms with Crippen molar-refractivity contribution in [3.05, 3.63) is 24.0 Å². The van der Waals surface area contributed by atoms with Crippen molar-refractivity contribution in [3.8, 4) is 5.75 Å². The van der Waals surface area contributed by atoms with E-state index in [9.17, 15) is 4.39 Å². The maximum absolute atomic E-state index is 13.1. The van der Waals surface area contributed by atoms with E-state index in [0.717, 1.165) is 31.6 Å². The Hall–Kier alpha value is -1.29. The minimum atomic E-state index is -0.239. The fourth-order valence-electron chi connectivity index (χ4n) is 1.98. The van der Waals surface area contributed by atoms with Gasteiger partial charge in [0, 0.05) is 12.1 Å². The normalized spacial score (nSPS) is 17.1. The summed E-state index contributed by atoms with van der Waals surface area (Å²) in [6.45, 7) is 2.02. The van der Waals surface area contributed by atoms with Crippen molar-refractivity contribution < 1.29 is 9.13 Å². The average Bonchev–Trinajstić information content (AvgIpc) is 2.31. The molecule has 1 heterocycles. The predicted molar refractivity (Wildman–Crippen MR) is 62.5 cm³/mol. The molecular formula is C12H17FN2O. The molecule has 1 aliphatic rings. The molecule has 0 atom stereocenters. The van der Waals surface area contributed by atoms with Crippen molar-refractivity contribution in [2.24, 2.45) is 0 Å². The SMILES string of the molecule is COc1ccc(F)cc1NC1CCNCC1. The van der Waals surface area contributed by atoms with Crippen molar-refractivity contribution in [1.82, 2.24) is 5.32 Å². The standard InChI is InChI=1S/C12H17FN2O/c1-16-12-3-2-9(13)8-11(12)15-10-4-6-14-7-5-10/h2-3,8,10,14-15H,4-7H2,1H3. The Morgan fingerprint density at radius 1 is 1.38 bits per heavy atom. The lowest BCUT2D eigenvalue weighted by atomic mass is 10.1. The maximum Gasteiger partial charge on any atom is 0.142 e. The first-order valence-corrected chi connectivity index (χ1v) is 5.60. The van der Waals surface area contributed by atoms with Crippen LogP contribution in [0.1, 0.15) is 12.8 Å². The quantitative estimate of drug-likeness (QED) is 0.824. The monoisotopic (exact) mass is 224 g/mol. The number of anilines is 1. The minimum absolute atomic E-state index is 0.239. The van der Waals surface area contributed by atoms with Crippen molar-refractivity contribution in [2.45, 2.75) is 18.9 Å². The van der Waals surface area contributed by atoms with Gasteiger partial charge < -0.3 is 15.4 Å². The fraction of sp³-hybridized carbons (Fsp3) is 0.500. The molecule has 1 aliphatic heterocycles. The van der Waals surface area contributed by atoms with Crippen molar-refractivity contribution in [1.29, 1.82) is 0 Å². The van der Waals surface area contributed by atoms with E-state index >= 15 is 0 Å². The van der Waals surface area contributed by atoms with Crippen LogP contribution in [-0.4, -0.2) is 26.2 Å². The van der Waals surface area contributed by atoms with Gasteiger partial charge in [0.2, 0.25) is 0 Å². The summed E-state index contributed by atoms with van der Waals surface area (Å²) in [5.74, 6) is 0.456. The Morgan fingerprint density at radius 2 is 2.12 bits per heavy atom. The van der Waals surface area contributed by atoms with E-state index in [2.05, 4.69) is 10.6 Å². The van der Waals surface area contributed by atoms with Crippen LogP contribution in [0.4, 0.5) is 10.1 Å². The summed E-state index contributed by atoms with van der Waals surface area (Å²) in [4.78, 5) is 0. The van der Waals surface area contributed by atoms with Crippen LogP contribution < -0.4 is 15.4 Å². The predicted octanol–water partition coefficient (Wildman–Crippen LogP) is 2.00. The first-order chi connectivity index (χ1) is 7.79. The summed E-state index contributed by atoms with van der Waals surface area (Å²) < 4.78 is 18.3. The van der Waals surface area contributed by atoms with E-state index < -0.39 is 0 Å². The van der Waals surface area contributed by atoms with Crippen molar-refractivity contribution in [3.63, 3.8) is 0 Å². The van der Waals surface area contributed by atoms with Gasteiger partial charge in [0.15, 0.2) is 0 Å². The maximum atomic E-state index is 13.1. The Kier molecular flexibility index (Phi) is 3.62. The number of piperidine rings is 1. The van der Waals surface area contributed by atoms with Crippen LogP contribution in [0.5, 0.6) is 5.75 Å². The molecule has 0 radical (unpaired) electrons. The molecule has 0 saturated carbocycles. The van der Waals surface area contributed by atoms with Gasteiger partial charge in [-0.1, -0.05) is 0 Å². The number of benzene rings is 1. The van der Waals surface area contributed by atoms with Gasteiger partial charge in [0.1, 0.15) is 11.6 Å². The molecule has 2 rings (SSSR count). The zero-order valence-electron chi connectivity index (χ0n) is 9.42. The van der Waals surface area contributed by atoms with Crippen LogP contribution >= 0.6 is 0 Å². The van der Waals surface area contributed by atoms with Gasteiger partial charge in [0.05, 0.1) is 12.8 Å². The topological polar surface area (TPSA) is 33.3 Å². The molecule has 0 aromatic heterocycles. The van der Waals surface area contributed by atoms with Gasteiger partial charge in [-0.25, -0.2) is 4.39 Å². The molecule has 0 aliphatic carbocycles. The average molecular weight is 224 g/mol. The molecule has 0 bridgehead atoms. The van der Waals surface area contributed by atoms with E-state index in [1.807, 2.05) is 0 Å². The van der Waals surface area contributed by atoms with Crippen LogP contribution in [0.15, 0.2) is 18.2 Å². The molecule has 4 heteroatoms. The van der Waals surface area contributed by atoms with Gasteiger partial charge in [-0.05, 0) is 38.1 Å². The van der Waals surface area contributed by atoms with Crippen LogP contribution in [-0.2, 0) is 0 Å². The number of nitrogens with one attached hydrogen (secondary N) is 2. The number of methoxy groups -OCH3 is 1. The summed E-state index contributed by atoms with van der Waals surface area (Å²) in [5.41, 5.74) is 0.745. The molecule has 1 aromatic carbocycles. The molecule has 16 heavy (non-hydrogen) atoms. The van der Waals surface area contributed by atoms with Gasteiger partial charge in [-0.3, -0.25) is 0 Å². The second kappa shape index (κ2) is 5.16. The number of halogens is 1. The number of hydrogen-bond acceptors (Lipinski definition) is 3. The Morgan fingerprint density at radius 3 is 2.81 bits per heavy atom. The third kappa shape index (κ3) is 2.64. The number of ether oxygens (including phenoxy) is 1. The molecule has 88 valence electrons. The number of hydrogen-bond donors (Lipinski definition) is 2. The van der Waals surface area contributed by atoms with Gasteiger partial charge in [-0.2, -0.15) is 0 Å². The Bertz CT molecular complexity index is 351. The smallest absolute Gasteiger partial charge is 0.142 e. The largest absolute Gasteiger partial charge is 0.495 e. The van der Waals surface area contributed by atoms with Crippen LogP contribution in [0.2, 0.25) is 0 Å². The molecule has 2 N–H and O–H groups in total. The molecule has 1 aromatic rings. The first kappa shape index (κ1) is 11.2. The molecule has 1 saturated heterocycles. The lowest BCUT2D eigenvalue weighted by molar-refractivity contribution is 0.413. The summed E-state index contributed by atoms with van der Waals surface area (Å²) in [6.07, 6.45) is 2.11. The van der Waals surface area contributed by atoms with Crippen LogP contribution in [0, 0.1) is 5.82 Å². The van der Waals surface area contributed by atoms with Crippen LogP contribution in [0.3, 0.4) is 0 Å². The second-order valence-electron chi connectivity index (χ2n) is 4.01. The Balaban J connectivity index is 2.09. The summed E-state index contributed by atoms with van der Waals surface area (Å²) in [5, 5.41) is 6.63. The molecule has 3 nitrogen and oxygen atoms in total. The number of rotatable bonds is 3. The van der Waals surface area contributed by atoms with Crippen LogP contribution in [0.25, 0.3) is 0 Å². The molecule has 0 unspecified atom stereocenters. The fourth-order valence-corrected chi connectivity index (χ4v) is 1.98. The molecule has 1 fully saturated rings. The highest BCUT2D eigenvalue weighted by Gasteiger charge is 2.14. The van der Waals surface area contributed by atoms with Crippen molar-refractivity contribution >= 4 is 5.69 Å². The van der Waals surface area contributed by atoms with E-state index in [4.69, 9.17) is 4.74 Å². The van der Waals surface area contributed by atoms with Gasteiger partial charge in [-0.15, -0.1) is 0 Å². The summed E-state index contributed by atoms with van der Waals surface area (Å²) in [7, 11) is 1.60. The first-order valence-electron chi connectivity index (χ1n) is 5.60. The lowest BCUT2D eigenvalue weighted by Gasteiger charge is -2.25. The molecule has 0 amide bonds. The highest BCUT2D eigenvalue weighted by atomic mass is 19.1. The highest BCUT2D eigenvalue weighted by molar-refractivity contribution is 5.57. The lowest BCUT2D eigenvalue weighted by Crippen LogP contribution is -2.35. The minimum Gasteiger partial charge on any atom is -0.495 e. The van der Waals surface area contributed by atoms with Gasteiger partial charge in [0.25, 0.3) is 0 Å². The zero-order valence-corrected chi connectivity index (χ0v) is 9.42. The summed E-state index contributed by atoms with van der Waals surface area (Å²) in [6, 6.07) is 4.95. The van der Waals surface area contributed by atoms with Gasteiger partial charge >= 0.3 is 0 Å². The highest BCUT2D eigenvalue weighted by Crippen LogP contribution is 2.26. The zero-order chi connectivity index (χ0) is 11.4. The third-order valence-corrected chi connectivity index (χ3v) is 2.86. The molecular weight excluding hydrogens is 207 g/mol. The van der Waals surface area contributed by atoms with E-state index in [1.54, 1.807) is 13.2 Å². The van der Waals surface area contributed by atoms with Crippen molar-refractivity contribution in [2.75, 3.05) is 25.5 Å². The third-order valence-electron chi connectivity index (χ3n) is 2.86. The van der Waals surface area contributed by atoms with E-state index in [-0.39, 0.29) is 5.82 Å². The van der Waals surface area contributed by atoms with E-state index in [1.165, 1.54) is 12.1 Å². The summed E-state index contributed by atoms with van der Waals surface area (Å²) >= 11 is 0. The Labute approximate surface area is 95.0 Å². The second-order valence-corrected chi connectivity index (χ2v) is 4.01. The molecule has 0 spiro atoms.